The number of carbonyl (C=O) groups excluding carboxylic acids is 1. The number of hydrogen-bond donors (Lipinski definition) is 0. The fourth-order valence-corrected chi connectivity index (χ4v) is 2.26. The molecule has 0 heterocycles. The van der Waals surface area contributed by atoms with E-state index in [4.69, 9.17) is 21.1 Å². The van der Waals surface area contributed by atoms with E-state index in [0.717, 1.165) is 0 Å². The number of carboxylic acids is 1. The summed E-state index contributed by atoms with van der Waals surface area (Å²) in [6.45, 7) is 0. The van der Waals surface area contributed by atoms with Crippen molar-refractivity contribution in [3.05, 3.63) is 64.7 Å². The smallest absolute Gasteiger partial charge is 0.544 e. The Bertz CT molecular complexity index is 644. The number of rotatable bonds is 5. The number of benzene rings is 2. The predicted octanol–water partition coefficient (Wildman–Crippen LogP) is 2.45. The van der Waals surface area contributed by atoms with Crippen molar-refractivity contribution in [2.75, 3.05) is 14.2 Å². The van der Waals surface area contributed by atoms with Crippen LogP contribution >= 0.6 is 11.6 Å². The monoisotopic (exact) mass is 424 g/mol. The number of hydrogen-bond acceptors (Lipinski definition) is 4. The molecule has 0 spiro atoms. The normalized spacial score (nSPS) is 9.52. The van der Waals surface area contributed by atoms with Gasteiger partial charge in [0.05, 0.1) is 25.2 Å². The van der Waals surface area contributed by atoms with Gasteiger partial charge in [0.25, 0.3) is 0 Å². The van der Waals surface area contributed by atoms with Crippen molar-refractivity contribution >= 4 is 23.1 Å². The largest absolute Gasteiger partial charge is 1.00 e. The fraction of sp³-hybridized carbons (Fsp3) is 0.118. The van der Waals surface area contributed by atoms with E-state index in [1.54, 1.807) is 62.8 Å². The minimum atomic E-state index is -1.43. The van der Waals surface area contributed by atoms with Gasteiger partial charge in [0, 0.05) is 5.57 Å². The molecule has 2 aromatic rings. The summed E-state index contributed by atoms with van der Waals surface area (Å²) in [5.74, 6) is -0.0897. The van der Waals surface area contributed by atoms with Gasteiger partial charge in [0.2, 0.25) is 0 Å². The molecule has 0 aliphatic heterocycles. The van der Waals surface area contributed by atoms with E-state index in [1.165, 1.54) is 0 Å². The third-order valence-corrected chi connectivity index (χ3v) is 3.50. The van der Waals surface area contributed by atoms with Gasteiger partial charge in [0.1, 0.15) is 11.5 Å². The maximum atomic E-state index is 11.2. The first-order valence-electron chi connectivity index (χ1n) is 6.46. The summed E-state index contributed by atoms with van der Waals surface area (Å²) in [4.78, 5) is 11.2. The standard InChI is InChI=1S/C17H15ClO4.Ag/c1-21-13-7-3-11(4-8-13)15(16(18)17(19)20)12-5-9-14(22-2)10-6-12;/h3-10H,1-2H3,(H,19,20);/q;+1/p-1. The van der Waals surface area contributed by atoms with Gasteiger partial charge in [-0.25, -0.2) is 0 Å². The molecule has 0 aromatic heterocycles. The number of methoxy groups -OCH3 is 2. The van der Waals surface area contributed by atoms with Crippen molar-refractivity contribution in [1.29, 1.82) is 0 Å². The van der Waals surface area contributed by atoms with E-state index in [0.29, 0.717) is 28.2 Å². The minimum Gasteiger partial charge on any atom is -0.544 e. The minimum absolute atomic E-state index is 0. The predicted molar refractivity (Wildman–Crippen MR) is 82.9 cm³/mol. The number of halogens is 1. The van der Waals surface area contributed by atoms with Crippen LogP contribution in [0.5, 0.6) is 11.5 Å². The fourth-order valence-electron chi connectivity index (χ4n) is 2.04. The second-order valence-corrected chi connectivity index (χ2v) is 4.81. The van der Waals surface area contributed by atoms with Crippen molar-refractivity contribution in [2.24, 2.45) is 0 Å². The Morgan fingerprint density at radius 1 is 0.870 bits per heavy atom. The first-order chi connectivity index (χ1) is 10.6. The summed E-state index contributed by atoms with van der Waals surface area (Å²) in [5, 5.41) is 10.8. The van der Waals surface area contributed by atoms with Crippen LogP contribution < -0.4 is 14.6 Å². The van der Waals surface area contributed by atoms with Gasteiger partial charge in [-0.2, -0.15) is 0 Å². The molecule has 2 aromatic carbocycles. The van der Waals surface area contributed by atoms with Crippen molar-refractivity contribution in [3.8, 4) is 11.5 Å². The molecule has 0 atom stereocenters. The van der Waals surface area contributed by atoms with Crippen LogP contribution in [0.1, 0.15) is 11.1 Å². The Balaban J connectivity index is 0.00000264. The molecule has 23 heavy (non-hydrogen) atoms. The van der Waals surface area contributed by atoms with E-state index in [2.05, 4.69) is 0 Å². The number of carboxylic acid groups (broad SMARTS) is 1. The molecular formula is C17H14AgClO4. The summed E-state index contributed by atoms with van der Waals surface area (Å²) in [5.41, 5.74) is 1.69. The zero-order valence-corrected chi connectivity index (χ0v) is 14.7. The summed E-state index contributed by atoms with van der Waals surface area (Å²) in [7, 11) is 3.12. The molecule has 0 saturated heterocycles. The second kappa shape index (κ2) is 8.79. The maximum Gasteiger partial charge on any atom is 1.00 e. The Kier molecular flexibility index (Phi) is 7.39. The van der Waals surface area contributed by atoms with Gasteiger partial charge in [-0.05, 0) is 35.4 Å². The average molecular weight is 426 g/mol. The zero-order valence-electron chi connectivity index (χ0n) is 12.4. The van der Waals surface area contributed by atoms with Gasteiger partial charge in [0.15, 0.2) is 0 Å². The molecule has 4 nitrogen and oxygen atoms in total. The van der Waals surface area contributed by atoms with Crippen LogP contribution in [0, 0.1) is 0 Å². The zero-order chi connectivity index (χ0) is 16.1. The van der Waals surface area contributed by atoms with E-state index in [-0.39, 0.29) is 27.4 Å². The Morgan fingerprint density at radius 2 is 1.22 bits per heavy atom. The van der Waals surface area contributed by atoms with Crippen molar-refractivity contribution in [1.82, 2.24) is 0 Å². The van der Waals surface area contributed by atoms with Crippen LogP contribution in [-0.2, 0) is 27.2 Å². The van der Waals surface area contributed by atoms with Crippen LogP contribution in [0.25, 0.3) is 5.57 Å². The molecular weight excluding hydrogens is 412 g/mol. The van der Waals surface area contributed by atoms with Gasteiger partial charge in [-0.15, -0.1) is 0 Å². The SMILES string of the molecule is COc1ccc(C(=C(Cl)C(=O)[O-])c2ccc(OC)cc2)cc1.[Ag+]. The van der Waals surface area contributed by atoms with Gasteiger partial charge < -0.3 is 19.4 Å². The third kappa shape index (κ3) is 4.62. The van der Waals surface area contributed by atoms with E-state index in [9.17, 15) is 9.90 Å². The van der Waals surface area contributed by atoms with Crippen LogP contribution in [0.3, 0.4) is 0 Å². The second-order valence-electron chi connectivity index (χ2n) is 4.43. The number of ether oxygens (including phenoxy) is 2. The maximum absolute atomic E-state index is 11.2. The van der Waals surface area contributed by atoms with Crippen LogP contribution in [0.2, 0.25) is 0 Å². The first kappa shape index (κ1) is 19.3. The Labute approximate surface area is 155 Å². The molecule has 0 amide bonds. The summed E-state index contributed by atoms with van der Waals surface area (Å²) in [6.07, 6.45) is 0. The third-order valence-electron chi connectivity index (χ3n) is 3.16. The average Bonchev–Trinajstić information content (AvgIpc) is 2.56. The van der Waals surface area contributed by atoms with Crippen LogP contribution in [0.4, 0.5) is 0 Å². The molecule has 0 radical (unpaired) electrons. The Hall–Kier alpha value is -1.72. The number of aliphatic carboxylic acids is 1. The molecule has 0 aliphatic carbocycles. The van der Waals surface area contributed by atoms with E-state index < -0.39 is 5.97 Å². The topological polar surface area (TPSA) is 58.6 Å². The summed E-state index contributed by atoms with van der Waals surface area (Å²) < 4.78 is 10.2. The number of carbonyl (C=O) groups is 1. The molecule has 0 aliphatic rings. The van der Waals surface area contributed by atoms with Gasteiger partial charge in [-0.1, -0.05) is 35.9 Å². The van der Waals surface area contributed by atoms with E-state index in [1.807, 2.05) is 0 Å². The molecule has 6 heteroatoms. The molecule has 2 rings (SSSR count). The molecule has 0 N–H and O–H groups in total. The molecule has 0 bridgehead atoms. The molecule has 0 fully saturated rings. The summed E-state index contributed by atoms with van der Waals surface area (Å²) >= 11 is 5.95. The Morgan fingerprint density at radius 3 is 1.48 bits per heavy atom. The van der Waals surface area contributed by atoms with Crippen molar-refractivity contribution in [2.45, 2.75) is 0 Å². The molecule has 0 saturated carbocycles. The van der Waals surface area contributed by atoms with Gasteiger partial charge in [-0.3, -0.25) is 0 Å². The van der Waals surface area contributed by atoms with Crippen LogP contribution in [0.15, 0.2) is 53.6 Å². The van der Waals surface area contributed by atoms with Crippen molar-refractivity contribution in [3.63, 3.8) is 0 Å². The van der Waals surface area contributed by atoms with Crippen LogP contribution in [-0.4, -0.2) is 20.2 Å². The van der Waals surface area contributed by atoms with Gasteiger partial charge >= 0.3 is 22.4 Å². The molecule has 124 valence electrons. The van der Waals surface area contributed by atoms with Crippen molar-refractivity contribution < 1.29 is 41.8 Å². The van der Waals surface area contributed by atoms with E-state index >= 15 is 0 Å². The quantitative estimate of drug-likeness (QED) is 0.545. The first-order valence-corrected chi connectivity index (χ1v) is 6.84. The molecule has 0 unspecified atom stereocenters. The summed E-state index contributed by atoms with van der Waals surface area (Å²) in [6, 6.07) is 13.9.